The van der Waals surface area contributed by atoms with Gasteiger partial charge in [-0.2, -0.15) is 4.31 Å². The Bertz CT molecular complexity index is 500. The number of sulfonamides is 1. The van der Waals surface area contributed by atoms with E-state index in [4.69, 9.17) is 5.73 Å². The predicted octanol–water partition coefficient (Wildman–Crippen LogP) is 0.870. The van der Waals surface area contributed by atoms with Gasteiger partial charge < -0.3 is 5.73 Å². The molecule has 7 heteroatoms. The highest BCUT2D eigenvalue weighted by Gasteiger charge is 2.32. The minimum Gasteiger partial charge on any atom is -0.368 e. The quantitative estimate of drug-likeness (QED) is 0.876. The molecule has 1 aromatic rings. The summed E-state index contributed by atoms with van der Waals surface area (Å²) in [7, 11) is -3.45. The SMILES string of the molecule is CCCC1CCN(S(=O)(=O)c2cnc(N)nc2)C1. The van der Waals surface area contributed by atoms with Gasteiger partial charge in [-0.1, -0.05) is 13.3 Å². The number of anilines is 1. The Morgan fingerprint density at radius 1 is 1.44 bits per heavy atom. The number of nitrogens with two attached hydrogens (primary N) is 1. The first-order valence-electron chi connectivity index (χ1n) is 6.11. The Morgan fingerprint density at radius 2 is 2.11 bits per heavy atom. The zero-order chi connectivity index (χ0) is 13.2. The number of hydrogen-bond acceptors (Lipinski definition) is 5. The van der Waals surface area contributed by atoms with Gasteiger partial charge in [0.1, 0.15) is 4.90 Å². The van der Waals surface area contributed by atoms with Gasteiger partial charge in [-0.15, -0.1) is 0 Å². The molecular formula is C11H18N4O2S. The van der Waals surface area contributed by atoms with Crippen LogP contribution in [-0.4, -0.2) is 35.8 Å². The molecule has 2 rings (SSSR count). The molecule has 0 amide bonds. The first-order valence-corrected chi connectivity index (χ1v) is 7.55. The van der Waals surface area contributed by atoms with E-state index >= 15 is 0 Å². The summed E-state index contributed by atoms with van der Waals surface area (Å²) in [4.78, 5) is 7.59. The summed E-state index contributed by atoms with van der Waals surface area (Å²) in [5, 5.41) is 0. The third-order valence-corrected chi connectivity index (χ3v) is 5.05. The van der Waals surface area contributed by atoms with Gasteiger partial charge in [-0.05, 0) is 18.8 Å². The van der Waals surface area contributed by atoms with E-state index in [2.05, 4.69) is 16.9 Å². The van der Waals surface area contributed by atoms with Crippen molar-refractivity contribution in [3.63, 3.8) is 0 Å². The van der Waals surface area contributed by atoms with E-state index in [0.717, 1.165) is 19.3 Å². The van der Waals surface area contributed by atoms with Crippen molar-refractivity contribution >= 4 is 16.0 Å². The van der Waals surface area contributed by atoms with Gasteiger partial charge in [-0.3, -0.25) is 0 Å². The molecule has 1 atom stereocenters. The number of aromatic nitrogens is 2. The second-order valence-electron chi connectivity index (χ2n) is 4.58. The van der Waals surface area contributed by atoms with Crippen LogP contribution in [0.4, 0.5) is 5.95 Å². The second kappa shape index (κ2) is 5.19. The van der Waals surface area contributed by atoms with Crippen LogP contribution < -0.4 is 5.73 Å². The van der Waals surface area contributed by atoms with Crippen LogP contribution in [0, 0.1) is 5.92 Å². The molecule has 1 unspecified atom stereocenters. The normalized spacial score (nSPS) is 21.3. The maximum atomic E-state index is 12.3. The van der Waals surface area contributed by atoms with E-state index in [0.29, 0.717) is 19.0 Å². The Hall–Kier alpha value is -1.21. The molecule has 1 fully saturated rings. The van der Waals surface area contributed by atoms with Gasteiger partial charge in [0.15, 0.2) is 0 Å². The lowest BCUT2D eigenvalue weighted by Gasteiger charge is -2.16. The lowest BCUT2D eigenvalue weighted by Crippen LogP contribution is -2.29. The molecule has 100 valence electrons. The van der Waals surface area contributed by atoms with E-state index in [1.807, 2.05) is 0 Å². The van der Waals surface area contributed by atoms with Gasteiger partial charge in [0, 0.05) is 13.1 Å². The maximum Gasteiger partial charge on any atom is 0.246 e. The first kappa shape index (κ1) is 13.2. The van der Waals surface area contributed by atoms with Crippen LogP contribution in [0.5, 0.6) is 0 Å². The molecule has 0 bridgehead atoms. The third-order valence-electron chi connectivity index (χ3n) is 3.23. The number of nitrogens with zero attached hydrogens (tertiary/aromatic N) is 3. The van der Waals surface area contributed by atoms with Crippen molar-refractivity contribution in [1.29, 1.82) is 0 Å². The summed E-state index contributed by atoms with van der Waals surface area (Å²) in [6, 6.07) is 0. The fourth-order valence-electron chi connectivity index (χ4n) is 2.27. The van der Waals surface area contributed by atoms with Crippen LogP contribution in [0.15, 0.2) is 17.3 Å². The summed E-state index contributed by atoms with van der Waals surface area (Å²) in [5.74, 6) is 0.554. The fourth-order valence-corrected chi connectivity index (χ4v) is 3.69. The average molecular weight is 270 g/mol. The smallest absolute Gasteiger partial charge is 0.246 e. The molecule has 0 aliphatic carbocycles. The molecule has 1 aromatic heterocycles. The molecule has 1 saturated heterocycles. The lowest BCUT2D eigenvalue weighted by molar-refractivity contribution is 0.444. The Labute approximate surface area is 107 Å². The molecule has 0 radical (unpaired) electrons. The highest BCUT2D eigenvalue weighted by Crippen LogP contribution is 2.26. The molecule has 0 spiro atoms. The van der Waals surface area contributed by atoms with Crippen LogP contribution in [0.3, 0.4) is 0 Å². The van der Waals surface area contributed by atoms with Crippen LogP contribution in [0.25, 0.3) is 0 Å². The summed E-state index contributed by atoms with van der Waals surface area (Å²) < 4.78 is 26.1. The van der Waals surface area contributed by atoms with Crippen molar-refractivity contribution in [2.75, 3.05) is 18.8 Å². The Balaban J connectivity index is 2.15. The molecule has 6 nitrogen and oxygen atoms in total. The van der Waals surface area contributed by atoms with E-state index in [9.17, 15) is 8.42 Å². The van der Waals surface area contributed by atoms with Crippen LogP contribution in [-0.2, 0) is 10.0 Å². The fraction of sp³-hybridized carbons (Fsp3) is 0.636. The molecule has 2 heterocycles. The second-order valence-corrected chi connectivity index (χ2v) is 6.52. The maximum absolute atomic E-state index is 12.3. The Morgan fingerprint density at radius 3 is 2.72 bits per heavy atom. The van der Waals surface area contributed by atoms with E-state index < -0.39 is 10.0 Å². The van der Waals surface area contributed by atoms with Crippen molar-refractivity contribution in [1.82, 2.24) is 14.3 Å². The number of rotatable bonds is 4. The molecular weight excluding hydrogens is 252 g/mol. The van der Waals surface area contributed by atoms with Crippen LogP contribution >= 0.6 is 0 Å². The monoisotopic (exact) mass is 270 g/mol. The van der Waals surface area contributed by atoms with Gasteiger partial charge in [-0.25, -0.2) is 18.4 Å². The molecule has 0 saturated carbocycles. The van der Waals surface area contributed by atoms with Crippen LogP contribution in [0.2, 0.25) is 0 Å². The topological polar surface area (TPSA) is 89.2 Å². The summed E-state index contributed by atoms with van der Waals surface area (Å²) in [5.41, 5.74) is 5.35. The zero-order valence-electron chi connectivity index (χ0n) is 10.4. The van der Waals surface area contributed by atoms with Crippen molar-refractivity contribution in [3.8, 4) is 0 Å². The molecule has 1 aliphatic rings. The van der Waals surface area contributed by atoms with Gasteiger partial charge in [0.25, 0.3) is 0 Å². The molecule has 1 aliphatic heterocycles. The minimum atomic E-state index is -3.45. The van der Waals surface area contributed by atoms with Crippen LogP contribution in [0.1, 0.15) is 26.2 Å². The van der Waals surface area contributed by atoms with E-state index in [1.165, 1.54) is 16.7 Å². The molecule has 18 heavy (non-hydrogen) atoms. The van der Waals surface area contributed by atoms with Crippen molar-refractivity contribution < 1.29 is 8.42 Å². The summed E-state index contributed by atoms with van der Waals surface area (Å²) in [6.45, 7) is 3.29. The van der Waals surface area contributed by atoms with Crippen molar-refractivity contribution in [2.24, 2.45) is 5.92 Å². The number of hydrogen-bond donors (Lipinski definition) is 1. The molecule has 2 N–H and O–H groups in total. The average Bonchev–Trinajstić information content (AvgIpc) is 2.79. The van der Waals surface area contributed by atoms with Gasteiger partial charge >= 0.3 is 0 Å². The predicted molar refractivity (Wildman–Crippen MR) is 68.2 cm³/mol. The van der Waals surface area contributed by atoms with E-state index in [1.54, 1.807) is 0 Å². The van der Waals surface area contributed by atoms with E-state index in [-0.39, 0.29) is 10.8 Å². The molecule has 0 aromatic carbocycles. The van der Waals surface area contributed by atoms with Crippen molar-refractivity contribution in [2.45, 2.75) is 31.1 Å². The largest absolute Gasteiger partial charge is 0.368 e. The third kappa shape index (κ3) is 2.62. The first-order chi connectivity index (χ1) is 8.54. The Kier molecular flexibility index (Phi) is 3.82. The summed E-state index contributed by atoms with van der Waals surface area (Å²) >= 11 is 0. The zero-order valence-corrected chi connectivity index (χ0v) is 11.2. The van der Waals surface area contributed by atoms with Crippen molar-refractivity contribution in [3.05, 3.63) is 12.4 Å². The highest BCUT2D eigenvalue weighted by atomic mass is 32.2. The van der Waals surface area contributed by atoms with Gasteiger partial charge in [0.2, 0.25) is 16.0 Å². The number of nitrogen functional groups attached to an aromatic ring is 1. The standard InChI is InChI=1S/C11H18N4O2S/c1-2-3-9-4-5-15(8-9)18(16,17)10-6-13-11(12)14-7-10/h6-7,9H,2-5,8H2,1H3,(H2,12,13,14). The highest BCUT2D eigenvalue weighted by molar-refractivity contribution is 7.89. The summed E-state index contributed by atoms with van der Waals surface area (Å²) in [6.07, 6.45) is 5.63. The van der Waals surface area contributed by atoms with Gasteiger partial charge in [0.05, 0.1) is 12.4 Å². The minimum absolute atomic E-state index is 0.0826. The lowest BCUT2D eigenvalue weighted by atomic mass is 10.0.